The number of nitrogens with one attached hydrogen (secondary N) is 1. The summed E-state index contributed by atoms with van der Waals surface area (Å²) in [5.41, 5.74) is 5.34. The van der Waals surface area contributed by atoms with E-state index in [1.165, 1.54) is 35.9 Å². The first kappa shape index (κ1) is 13.0. The summed E-state index contributed by atoms with van der Waals surface area (Å²) in [6, 6.07) is 4.55. The van der Waals surface area contributed by atoms with Gasteiger partial charge in [-0.15, -0.1) is 11.3 Å². The lowest BCUT2D eigenvalue weighted by atomic mass is 9.78. The summed E-state index contributed by atoms with van der Waals surface area (Å²) in [5, 5.41) is 2.09. The van der Waals surface area contributed by atoms with E-state index >= 15 is 0 Å². The maximum Gasteiger partial charge on any atom is 0.0809 e. The van der Waals surface area contributed by atoms with E-state index in [2.05, 4.69) is 34.8 Å². The molecule has 2 heterocycles. The summed E-state index contributed by atoms with van der Waals surface area (Å²) in [6.07, 6.45) is 7.14. The van der Waals surface area contributed by atoms with Crippen molar-refractivity contribution in [3.05, 3.63) is 29.3 Å². The highest BCUT2D eigenvalue weighted by atomic mass is 32.1. The second-order valence-corrected chi connectivity index (χ2v) is 6.68. The zero-order chi connectivity index (χ0) is 13.2. The summed E-state index contributed by atoms with van der Waals surface area (Å²) >= 11 is 1.75. The molecule has 102 valence electrons. The lowest BCUT2D eigenvalue weighted by Crippen LogP contribution is -2.35. The van der Waals surface area contributed by atoms with Gasteiger partial charge in [-0.1, -0.05) is 19.8 Å². The molecule has 2 aromatic rings. The molecule has 0 radical (unpaired) electrons. The number of hydrogen-bond donors (Lipinski definition) is 2. The van der Waals surface area contributed by atoms with Gasteiger partial charge >= 0.3 is 0 Å². The Kier molecular flexibility index (Phi) is 3.82. The van der Waals surface area contributed by atoms with Crippen LogP contribution in [0.4, 0.5) is 0 Å². The Hall–Kier alpha value is -0.970. The average molecular weight is 275 g/mol. The normalized spacial score (nSPS) is 25.6. The van der Waals surface area contributed by atoms with Crippen molar-refractivity contribution in [2.45, 2.75) is 38.6 Å². The SMILES string of the molecule is CC1CCC(C(NN)c2cnc3ccsc3c2)CC1. The smallest absolute Gasteiger partial charge is 0.0809 e. The largest absolute Gasteiger partial charge is 0.271 e. The van der Waals surface area contributed by atoms with E-state index in [1.54, 1.807) is 11.3 Å². The number of pyridine rings is 1. The molecule has 1 unspecified atom stereocenters. The topological polar surface area (TPSA) is 50.9 Å². The highest BCUT2D eigenvalue weighted by Gasteiger charge is 2.26. The Balaban J connectivity index is 1.84. The van der Waals surface area contributed by atoms with Crippen molar-refractivity contribution >= 4 is 21.6 Å². The first-order valence-corrected chi connectivity index (χ1v) is 7.95. The van der Waals surface area contributed by atoms with Crippen molar-refractivity contribution in [2.75, 3.05) is 0 Å². The minimum absolute atomic E-state index is 0.242. The molecule has 4 heteroatoms. The lowest BCUT2D eigenvalue weighted by Gasteiger charge is -2.32. The summed E-state index contributed by atoms with van der Waals surface area (Å²) in [7, 11) is 0. The number of thiophene rings is 1. The third-order valence-electron chi connectivity index (χ3n) is 4.39. The molecule has 1 atom stereocenters. The van der Waals surface area contributed by atoms with E-state index in [4.69, 9.17) is 5.84 Å². The van der Waals surface area contributed by atoms with Gasteiger partial charge in [0.25, 0.3) is 0 Å². The zero-order valence-corrected chi connectivity index (χ0v) is 12.1. The van der Waals surface area contributed by atoms with Crippen LogP contribution in [0.3, 0.4) is 0 Å². The van der Waals surface area contributed by atoms with E-state index in [9.17, 15) is 0 Å². The van der Waals surface area contributed by atoms with Crippen molar-refractivity contribution in [1.29, 1.82) is 0 Å². The molecule has 0 aliphatic heterocycles. The second kappa shape index (κ2) is 5.57. The highest BCUT2D eigenvalue weighted by molar-refractivity contribution is 7.17. The van der Waals surface area contributed by atoms with Crippen LogP contribution in [0.25, 0.3) is 10.2 Å². The van der Waals surface area contributed by atoms with Gasteiger partial charge in [-0.2, -0.15) is 0 Å². The van der Waals surface area contributed by atoms with Crippen molar-refractivity contribution in [3.8, 4) is 0 Å². The molecule has 0 spiro atoms. The molecule has 3 rings (SSSR count). The van der Waals surface area contributed by atoms with Crippen molar-refractivity contribution < 1.29 is 0 Å². The van der Waals surface area contributed by atoms with Crippen LogP contribution in [0.2, 0.25) is 0 Å². The van der Waals surface area contributed by atoms with Crippen LogP contribution in [0, 0.1) is 11.8 Å². The van der Waals surface area contributed by atoms with Crippen LogP contribution in [-0.4, -0.2) is 4.98 Å². The molecule has 0 bridgehead atoms. The summed E-state index contributed by atoms with van der Waals surface area (Å²) in [4.78, 5) is 4.53. The number of nitrogens with two attached hydrogens (primary N) is 1. The Morgan fingerprint density at radius 3 is 2.89 bits per heavy atom. The molecule has 0 aromatic carbocycles. The van der Waals surface area contributed by atoms with E-state index < -0.39 is 0 Å². The molecule has 2 aromatic heterocycles. The fourth-order valence-electron chi connectivity index (χ4n) is 3.16. The van der Waals surface area contributed by atoms with Crippen LogP contribution >= 0.6 is 11.3 Å². The van der Waals surface area contributed by atoms with Crippen molar-refractivity contribution in [3.63, 3.8) is 0 Å². The third kappa shape index (κ3) is 2.66. The number of hydrogen-bond acceptors (Lipinski definition) is 4. The maximum atomic E-state index is 5.82. The molecular weight excluding hydrogens is 254 g/mol. The predicted octanol–water partition coefficient (Wildman–Crippen LogP) is 3.63. The molecular formula is C15H21N3S. The van der Waals surface area contributed by atoms with Crippen LogP contribution in [-0.2, 0) is 0 Å². The minimum atomic E-state index is 0.242. The Morgan fingerprint density at radius 2 is 2.16 bits per heavy atom. The van der Waals surface area contributed by atoms with Crippen LogP contribution in [0.1, 0.15) is 44.2 Å². The molecule has 0 saturated heterocycles. The zero-order valence-electron chi connectivity index (χ0n) is 11.3. The first-order chi connectivity index (χ1) is 9.28. The standard InChI is InChI=1S/C15H21N3S/c1-10-2-4-11(5-3-10)15(18-16)12-8-14-13(17-9-12)6-7-19-14/h6-11,15,18H,2-5,16H2,1H3. The fourth-order valence-corrected chi connectivity index (χ4v) is 3.94. The molecule has 1 saturated carbocycles. The van der Waals surface area contributed by atoms with Crippen LogP contribution < -0.4 is 11.3 Å². The molecule has 0 amide bonds. The molecule has 3 nitrogen and oxygen atoms in total. The van der Waals surface area contributed by atoms with Gasteiger partial charge in [0.2, 0.25) is 0 Å². The van der Waals surface area contributed by atoms with Crippen molar-refractivity contribution in [1.82, 2.24) is 10.4 Å². The van der Waals surface area contributed by atoms with Gasteiger partial charge in [0.15, 0.2) is 0 Å². The summed E-state index contributed by atoms with van der Waals surface area (Å²) in [6.45, 7) is 2.35. The summed E-state index contributed by atoms with van der Waals surface area (Å²) in [5.74, 6) is 7.32. The average Bonchev–Trinajstić information content (AvgIpc) is 2.89. The molecule has 1 aliphatic rings. The van der Waals surface area contributed by atoms with Gasteiger partial charge in [-0.05, 0) is 47.8 Å². The molecule has 1 aliphatic carbocycles. The molecule has 1 fully saturated rings. The maximum absolute atomic E-state index is 5.82. The second-order valence-electron chi connectivity index (χ2n) is 5.74. The summed E-state index contributed by atoms with van der Waals surface area (Å²) < 4.78 is 1.25. The molecule has 3 N–H and O–H groups in total. The van der Waals surface area contributed by atoms with Gasteiger partial charge in [-0.3, -0.25) is 16.3 Å². The van der Waals surface area contributed by atoms with E-state index in [0.29, 0.717) is 5.92 Å². The minimum Gasteiger partial charge on any atom is -0.271 e. The van der Waals surface area contributed by atoms with E-state index in [0.717, 1.165) is 11.4 Å². The monoisotopic (exact) mass is 275 g/mol. The lowest BCUT2D eigenvalue weighted by molar-refractivity contribution is 0.232. The van der Waals surface area contributed by atoms with Crippen molar-refractivity contribution in [2.24, 2.45) is 17.7 Å². The Morgan fingerprint density at radius 1 is 1.37 bits per heavy atom. The van der Waals surface area contributed by atoms with Gasteiger partial charge in [-0.25, -0.2) is 0 Å². The van der Waals surface area contributed by atoms with E-state index in [1.807, 2.05) is 6.20 Å². The number of fused-ring (bicyclic) bond motifs is 1. The number of nitrogens with zero attached hydrogens (tertiary/aromatic N) is 1. The van der Waals surface area contributed by atoms with E-state index in [-0.39, 0.29) is 6.04 Å². The Bertz CT molecular complexity index is 543. The van der Waals surface area contributed by atoms with Gasteiger partial charge in [0.05, 0.1) is 16.3 Å². The number of hydrazine groups is 1. The fraction of sp³-hybridized carbons (Fsp3) is 0.533. The predicted molar refractivity (Wildman–Crippen MR) is 80.8 cm³/mol. The van der Waals surface area contributed by atoms with Gasteiger partial charge < -0.3 is 0 Å². The van der Waals surface area contributed by atoms with Crippen LogP contribution in [0.15, 0.2) is 23.7 Å². The quantitative estimate of drug-likeness (QED) is 0.664. The molecule has 19 heavy (non-hydrogen) atoms. The number of aromatic nitrogens is 1. The third-order valence-corrected chi connectivity index (χ3v) is 5.25. The number of rotatable bonds is 3. The van der Waals surface area contributed by atoms with Crippen LogP contribution in [0.5, 0.6) is 0 Å². The van der Waals surface area contributed by atoms with Gasteiger partial charge in [0, 0.05) is 6.20 Å². The highest BCUT2D eigenvalue weighted by Crippen LogP contribution is 2.37. The Labute approximate surface area is 118 Å². The first-order valence-electron chi connectivity index (χ1n) is 7.07. The van der Waals surface area contributed by atoms with Gasteiger partial charge in [0.1, 0.15) is 0 Å².